The zero-order valence-electron chi connectivity index (χ0n) is 15.2. The maximum atomic E-state index is 12.5. The topological polar surface area (TPSA) is 90.6 Å². The van der Waals surface area contributed by atoms with Crippen molar-refractivity contribution in [2.45, 2.75) is 6.92 Å². The second kappa shape index (κ2) is 7.65. The molecule has 0 unspecified atom stereocenters. The van der Waals surface area contributed by atoms with Gasteiger partial charge in [-0.25, -0.2) is 0 Å². The van der Waals surface area contributed by atoms with Gasteiger partial charge in [0.05, 0.1) is 19.3 Å². The lowest BCUT2D eigenvalue weighted by Gasteiger charge is -2.05. The molecule has 0 fully saturated rings. The molecule has 0 saturated carbocycles. The summed E-state index contributed by atoms with van der Waals surface area (Å²) in [6, 6.07) is 14.4. The fraction of sp³-hybridized carbons (Fsp3) is 0.158. The number of carbonyl (C=O) groups is 1. The first-order valence-corrected chi connectivity index (χ1v) is 9.41. The smallest absolute Gasteiger partial charge is 0.257 e. The van der Waals surface area contributed by atoms with Crippen molar-refractivity contribution >= 4 is 27.3 Å². The second-order valence-electron chi connectivity index (χ2n) is 5.74. The number of benzene rings is 2. The van der Waals surface area contributed by atoms with Crippen LogP contribution in [0.3, 0.4) is 0 Å². The van der Waals surface area contributed by atoms with E-state index in [2.05, 4.69) is 20.6 Å². The summed E-state index contributed by atoms with van der Waals surface area (Å²) >= 11 is 1.24. The largest absolute Gasteiger partial charge is 0.496 e. The minimum Gasteiger partial charge on any atom is -0.496 e. The lowest BCUT2D eigenvalue weighted by Crippen LogP contribution is -2.12. The zero-order valence-corrected chi connectivity index (χ0v) is 16.1. The number of carbonyl (C=O) groups excluding carboxylic acids is 1. The maximum absolute atomic E-state index is 12.5. The number of anilines is 1. The van der Waals surface area contributed by atoms with Gasteiger partial charge in [0, 0.05) is 5.56 Å². The van der Waals surface area contributed by atoms with E-state index in [1.807, 2.05) is 31.2 Å². The normalized spacial score (nSPS) is 10.8. The first-order chi connectivity index (χ1) is 13.7. The quantitative estimate of drug-likeness (QED) is 0.537. The number of nitrogens with zero attached hydrogens (tertiary/aromatic N) is 4. The molecule has 0 bridgehead atoms. The van der Waals surface area contributed by atoms with Crippen molar-refractivity contribution < 1.29 is 14.3 Å². The van der Waals surface area contributed by atoms with Gasteiger partial charge in [-0.3, -0.25) is 10.1 Å². The number of amides is 1. The molecule has 8 nitrogen and oxygen atoms in total. The van der Waals surface area contributed by atoms with Crippen LogP contribution in [0.4, 0.5) is 5.13 Å². The Kier molecular flexibility index (Phi) is 4.90. The van der Waals surface area contributed by atoms with E-state index < -0.39 is 0 Å². The summed E-state index contributed by atoms with van der Waals surface area (Å²) in [5, 5.41) is 16.0. The van der Waals surface area contributed by atoms with Crippen molar-refractivity contribution in [3.8, 4) is 22.9 Å². The minimum atomic E-state index is -0.258. The fourth-order valence-corrected chi connectivity index (χ4v) is 3.44. The summed E-state index contributed by atoms with van der Waals surface area (Å²) in [4.78, 5) is 13.1. The molecule has 0 atom stereocenters. The standard InChI is InChI=1S/C19H17N5O3S/c1-3-27-13-10-8-12(9-11-13)17(25)20-18-23-24-16(21-22-19(24)28-18)14-6-4-5-7-15(14)26-2/h4-11H,3H2,1-2H3,(H,20,23,25). The molecule has 0 aliphatic heterocycles. The van der Waals surface area contributed by atoms with E-state index in [-0.39, 0.29) is 5.91 Å². The van der Waals surface area contributed by atoms with Gasteiger partial charge >= 0.3 is 0 Å². The number of hydrogen-bond donors (Lipinski definition) is 1. The number of methoxy groups -OCH3 is 1. The van der Waals surface area contributed by atoms with Crippen LogP contribution in [0.2, 0.25) is 0 Å². The third-order valence-electron chi connectivity index (χ3n) is 3.99. The van der Waals surface area contributed by atoms with Crippen LogP contribution in [0.25, 0.3) is 16.3 Å². The number of fused-ring (bicyclic) bond motifs is 1. The number of para-hydroxylation sites is 1. The summed E-state index contributed by atoms with van der Waals surface area (Å²) in [7, 11) is 1.60. The van der Waals surface area contributed by atoms with Crippen LogP contribution < -0.4 is 14.8 Å². The van der Waals surface area contributed by atoms with E-state index in [0.29, 0.717) is 33.8 Å². The van der Waals surface area contributed by atoms with E-state index in [1.54, 1.807) is 35.9 Å². The molecule has 4 aromatic rings. The maximum Gasteiger partial charge on any atom is 0.257 e. The highest BCUT2D eigenvalue weighted by Gasteiger charge is 2.17. The Bertz CT molecular complexity index is 1120. The highest BCUT2D eigenvalue weighted by molar-refractivity contribution is 7.20. The average molecular weight is 395 g/mol. The van der Waals surface area contributed by atoms with Gasteiger partial charge in [-0.1, -0.05) is 23.5 Å². The van der Waals surface area contributed by atoms with Gasteiger partial charge in [0.2, 0.25) is 10.1 Å². The number of rotatable bonds is 6. The SMILES string of the molecule is CCOc1ccc(C(=O)Nc2nn3c(-c4ccccc4OC)nnc3s2)cc1. The fourth-order valence-electron chi connectivity index (χ4n) is 2.70. The van der Waals surface area contributed by atoms with E-state index in [9.17, 15) is 4.79 Å². The summed E-state index contributed by atoms with van der Waals surface area (Å²) < 4.78 is 12.4. The molecular weight excluding hydrogens is 378 g/mol. The predicted octanol–water partition coefficient (Wildman–Crippen LogP) is 3.51. The Morgan fingerprint density at radius 3 is 2.68 bits per heavy atom. The van der Waals surface area contributed by atoms with E-state index >= 15 is 0 Å². The molecule has 28 heavy (non-hydrogen) atoms. The van der Waals surface area contributed by atoms with Crippen LogP contribution in [0.1, 0.15) is 17.3 Å². The molecule has 0 aliphatic rings. The van der Waals surface area contributed by atoms with Crippen LogP contribution >= 0.6 is 11.3 Å². The van der Waals surface area contributed by atoms with Crippen molar-refractivity contribution in [2.75, 3.05) is 19.0 Å². The molecule has 0 spiro atoms. The summed E-state index contributed by atoms with van der Waals surface area (Å²) in [6.07, 6.45) is 0. The number of hydrogen-bond acceptors (Lipinski definition) is 7. The summed E-state index contributed by atoms with van der Waals surface area (Å²) in [6.45, 7) is 2.49. The van der Waals surface area contributed by atoms with Crippen molar-refractivity contribution in [3.63, 3.8) is 0 Å². The Morgan fingerprint density at radius 1 is 1.14 bits per heavy atom. The summed E-state index contributed by atoms with van der Waals surface area (Å²) in [5.41, 5.74) is 1.28. The van der Waals surface area contributed by atoms with Crippen LogP contribution in [-0.4, -0.2) is 39.4 Å². The molecule has 0 saturated heterocycles. The number of aromatic nitrogens is 4. The lowest BCUT2D eigenvalue weighted by molar-refractivity contribution is 0.102. The van der Waals surface area contributed by atoms with Gasteiger partial charge in [-0.2, -0.15) is 4.52 Å². The Hall–Kier alpha value is -3.46. The lowest BCUT2D eigenvalue weighted by atomic mass is 10.2. The molecule has 0 radical (unpaired) electrons. The molecule has 2 aromatic heterocycles. The van der Waals surface area contributed by atoms with Gasteiger partial charge < -0.3 is 9.47 Å². The highest BCUT2D eigenvalue weighted by atomic mass is 32.1. The highest BCUT2D eigenvalue weighted by Crippen LogP contribution is 2.30. The second-order valence-corrected chi connectivity index (χ2v) is 6.69. The van der Waals surface area contributed by atoms with E-state index in [1.165, 1.54) is 11.3 Å². The van der Waals surface area contributed by atoms with E-state index in [0.717, 1.165) is 11.3 Å². The third kappa shape index (κ3) is 3.39. The molecule has 142 valence electrons. The van der Waals surface area contributed by atoms with Crippen LogP contribution in [0.5, 0.6) is 11.5 Å². The van der Waals surface area contributed by atoms with Gasteiger partial charge in [0.25, 0.3) is 5.91 Å². The van der Waals surface area contributed by atoms with Crippen molar-refractivity contribution in [1.82, 2.24) is 19.8 Å². The average Bonchev–Trinajstić information content (AvgIpc) is 3.29. The third-order valence-corrected chi connectivity index (χ3v) is 4.80. The first kappa shape index (κ1) is 17.9. The number of ether oxygens (including phenoxy) is 2. The van der Waals surface area contributed by atoms with E-state index in [4.69, 9.17) is 9.47 Å². The predicted molar refractivity (Wildman–Crippen MR) is 106 cm³/mol. The van der Waals surface area contributed by atoms with Crippen LogP contribution in [0, 0.1) is 0 Å². The van der Waals surface area contributed by atoms with Crippen molar-refractivity contribution in [2.24, 2.45) is 0 Å². The van der Waals surface area contributed by atoms with Gasteiger partial charge in [0.15, 0.2) is 5.82 Å². The molecule has 4 rings (SSSR count). The van der Waals surface area contributed by atoms with Gasteiger partial charge in [0.1, 0.15) is 11.5 Å². The molecule has 2 heterocycles. The Balaban J connectivity index is 1.59. The Labute approximate surface area is 164 Å². The first-order valence-electron chi connectivity index (χ1n) is 8.59. The molecule has 2 aromatic carbocycles. The van der Waals surface area contributed by atoms with Gasteiger partial charge in [-0.15, -0.1) is 15.3 Å². The number of nitrogens with one attached hydrogen (secondary N) is 1. The monoisotopic (exact) mass is 395 g/mol. The molecule has 9 heteroatoms. The van der Waals surface area contributed by atoms with Crippen LogP contribution in [0.15, 0.2) is 48.5 Å². The Morgan fingerprint density at radius 2 is 1.93 bits per heavy atom. The van der Waals surface area contributed by atoms with Gasteiger partial charge in [-0.05, 0) is 43.3 Å². The van der Waals surface area contributed by atoms with Crippen molar-refractivity contribution in [1.29, 1.82) is 0 Å². The zero-order chi connectivity index (χ0) is 19.5. The molecule has 1 N–H and O–H groups in total. The molecule has 0 aliphatic carbocycles. The van der Waals surface area contributed by atoms with Crippen molar-refractivity contribution in [3.05, 3.63) is 54.1 Å². The molecule has 1 amide bonds. The minimum absolute atomic E-state index is 0.258. The van der Waals surface area contributed by atoms with Crippen LogP contribution in [-0.2, 0) is 0 Å². The summed E-state index contributed by atoms with van der Waals surface area (Å²) in [5.74, 6) is 1.68. The molecular formula is C19H17N5O3S.